The van der Waals surface area contributed by atoms with Crippen LogP contribution in [0.25, 0.3) is 0 Å². The van der Waals surface area contributed by atoms with E-state index in [1.54, 1.807) is 17.8 Å². The van der Waals surface area contributed by atoms with Crippen molar-refractivity contribution < 1.29 is 8.78 Å². The molecule has 0 fully saturated rings. The minimum atomic E-state index is -0.836. The fraction of sp³-hybridized carbons (Fsp3) is 0.562. The Morgan fingerprint density at radius 3 is 2.55 bits per heavy atom. The lowest BCUT2D eigenvalue weighted by atomic mass is 10.1. The molecule has 0 saturated heterocycles. The molecular weight excluding hydrogens is 304 g/mol. The van der Waals surface area contributed by atoms with E-state index in [0.29, 0.717) is 18.1 Å². The van der Waals surface area contributed by atoms with E-state index in [2.05, 4.69) is 35.7 Å². The van der Waals surface area contributed by atoms with Gasteiger partial charge in [-0.3, -0.25) is 4.99 Å². The van der Waals surface area contributed by atoms with Crippen LogP contribution in [0, 0.1) is 11.6 Å². The van der Waals surface area contributed by atoms with Gasteiger partial charge in [0.1, 0.15) is 0 Å². The number of halogens is 2. The predicted octanol–water partition coefficient (Wildman–Crippen LogP) is 3.72. The predicted molar refractivity (Wildman–Crippen MR) is 91.5 cm³/mol. The van der Waals surface area contributed by atoms with Crippen molar-refractivity contribution in [3.63, 3.8) is 0 Å². The molecule has 1 rings (SSSR count). The van der Waals surface area contributed by atoms with Crippen molar-refractivity contribution >= 4 is 17.7 Å². The number of benzene rings is 1. The van der Waals surface area contributed by atoms with Crippen molar-refractivity contribution in [2.24, 2.45) is 4.99 Å². The molecule has 0 bridgehead atoms. The number of nitrogens with zero attached hydrogens (tertiary/aromatic N) is 1. The van der Waals surface area contributed by atoms with Gasteiger partial charge in [0.25, 0.3) is 0 Å². The molecule has 0 radical (unpaired) electrons. The van der Waals surface area contributed by atoms with Crippen molar-refractivity contribution in [2.45, 2.75) is 38.5 Å². The molecule has 0 aliphatic heterocycles. The molecule has 1 atom stereocenters. The summed E-state index contributed by atoms with van der Waals surface area (Å²) in [4.78, 5) is 4.57. The van der Waals surface area contributed by atoms with Crippen LogP contribution in [0.5, 0.6) is 0 Å². The third kappa shape index (κ3) is 5.83. The highest BCUT2D eigenvalue weighted by atomic mass is 32.2. The second-order valence-corrected chi connectivity index (χ2v) is 7.21. The molecule has 0 aliphatic rings. The van der Waals surface area contributed by atoms with Crippen LogP contribution in [0.15, 0.2) is 23.2 Å². The number of guanidine groups is 1. The van der Waals surface area contributed by atoms with Gasteiger partial charge in [-0.25, -0.2) is 8.78 Å². The Kier molecular flexibility index (Phi) is 7.13. The zero-order valence-corrected chi connectivity index (χ0v) is 14.7. The van der Waals surface area contributed by atoms with Crippen LogP contribution >= 0.6 is 11.8 Å². The van der Waals surface area contributed by atoms with Crippen LogP contribution in [-0.4, -0.2) is 30.1 Å². The number of aliphatic imine (C=N–C) groups is 1. The Hall–Kier alpha value is -1.30. The van der Waals surface area contributed by atoms with E-state index >= 15 is 0 Å². The quantitative estimate of drug-likeness (QED) is 0.617. The largest absolute Gasteiger partial charge is 0.357 e. The second-order valence-electron chi connectivity index (χ2n) is 5.70. The summed E-state index contributed by atoms with van der Waals surface area (Å²) in [5, 5.41) is 6.39. The molecule has 2 N–H and O–H groups in total. The highest BCUT2D eigenvalue weighted by molar-refractivity contribution is 7.99. The van der Waals surface area contributed by atoms with Crippen molar-refractivity contribution in [1.29, 1.82) is 0 Å². The van der Waals surface area contributed by atoms with Gasteiger partial charge in [-0.1, -0.05) is 6.07 Å². The van der Waals surface area contributed by atoms with Crippen molar-refractivity contribution in [1.82, 2.24) is 10.6 Å². The number of hydrogen-bond acceptors (Lipinski definition) is 2. The van der Waals surface area contributed by atoms with E-state index in [0.717, 1.165) is 12.6 Å². The Labute approximate surface area is 136 Å². The lowest BCUT2D eigenvalue weighted by Gasteiger charge is -2.22. The number of thioether (sulfide) groups is 1. The fourth-order valence-corrected chi connectivity index (χ4v) is 1.92. The third-order valence-corrected chi connectivity index (χ3v) is 4.55. The molecule has 22 heavy (non-hydrogen) atoms. The average Bonchev–Trinajstić information content (AvgIpc) is 2.48. The maximum absolute atomic E-state index is 13.3. The molecule has 0 spiro atoms. The Balaban J connectivity index is 2.81. The Bertz CT molecular complexity index is 518. The SMILES string of the molecule is CCNC(=NCC(C)(C)SC)NC(C)c1ccc(F)c(F)c1. The third-order valence-electron chi connectivity index (χ3n) is 3.31. The fourth-order valence-electron chi connectivity index (χ4n) is 1.72. The van der Waals surface area contributed by atoms with E-state index in [1.807, 2.05) is 13.8 Å². The molecule has 3 nitrogen and oxygen atoms in total. The molecule has 124 valence electrons. The topological polar surface area (TPSA) is 36.4 Å². The van der Waals surface area contributed by atoms with Crippen LogP contribution < -0.4 is 10.6 Å². The number of rotatable bonds is 6. The maximum Gasteiger partial charge on any atom is 0.191 e. The van der Waals surface area contributed by atoms with Crippen LogP contribution in [0.4, 0.5) is 8.78 Å². The molecule has 0 aromatic heterocycles. The summed E-state index contributed by atoms with van der Waals surface area (Å²) in [5.41, 5.74) is 0.675. The first-order valence-electron chi connectivity index (χ1n) is 7.34. The first-order chi connectivity index (χ1) is 10.3. The molecule has 0 amide bonds. The van der Waals surface area contributed by atoms with Gasteiger partial charge >= 0.3 is 0 Å². The standard InChI is InChI=1S/C16H25F2N3S/c1-6-19-15(20-10-16(3,4)22-5)21-11(2)12-7-8-13(17)14(18)9-12/h7-9,11H,6,10H2,1-5H3,(H2,19,20,21). The highest BCUT2D eigenvalue weighted by Crippen LogP contribution is 2.21. The van der Waals surface area contributed by atoms with Crippen LogP contribution in [0.3, 0.4) is 0 Å². The number of hydrogen-bond donors (Lipinski definition) is 2. The summed E-state index contributed by atoms with van der Waals surface area (Å²) in [5.74, 6) is -1.00. The van der Waals surface area contributed by atoms with Gasteiger partial charge < -0.3 is 10.6 Å². The van der Waals surface area contributed by atoms with E-state index in [-0.39, 0.29) is 10.8 Å². The van der Waals surface area contributed by atoms with Gasteiger partial charge in [0, 0.05) is 11.3 Å². The molecule has 0 aliphatic carbocycles. The van der Waals surface area contributed by atoms with Crippen LogP contribution in [-0.2, 0) is 0 Å². The summed E-state index contributed by atoms with van der Waals surface area (Å²) in [6.45, 7) is 9.52. The molecule has 0 saturated carbocycles. The summed E-state index contributed by atoms with van der Waals surface area (Å²) in [6.07, 6.45) is 2.06. The highest BCUT2D eigenvalue weighted by Gasteiger charge is 2.16. The molecule has 6 heteroatoms. The Morgan fingerprint density at radius 1 is 1.32 bits per heavy atom. The van der Waals surface area contributed by atoms with Crippen LogP contribution in [0.2, 0.25) is 0 Å². The second kappa shape index (κ2) is 8.36. The normalized spacial score (nSPS) is 13.9. The van der Waals surface area contributed by atoms with Crippen molar-refractivity contribution in [2.75, 3.05) is 19.3 Å². The monoisotopic (exact) mass is 329 g/mol. The van der Waals surface area contributed by atoms with Gasteiger partial charge in [0.05, 0.1) is 12.6 Å². The number of nitrogens with one attached hydrogen (secondary N) is 2. The van der Waals surface area contributed by atoms with Crippen molar-refractivity contribution in [3.05, 3.63) is 35.4 Å². The zero-order valence-electron chi connectivity index (χ0n) is 13.8. The molecular formula is C16H25F2N3S. The van der Waals surface area contributed by atoms with E-state index in [1.165, 1.54) is 6.07 Å². The molecule has 1 aromatic carbocycles. The lowest BCUT2D eigenvalue weighted by Crippen LogP contribution is -2.39. The average molecular weight is 329 g/mol. The first-order valence-corrected chi connectivity index (χ1v) is 8.56. The smallest absolute Gasteiger partial charge is 0.191 e. The summed E-state index contributed by atoms with van der Waals surface area (Å²) in [7, 11) is 0. The summed E-state index contributed by atoms with van der Waals surface area (Å²) < 4.78 is 26.4. The first kappa shape index (κ1) is 18.7. The Morgan fingerprint density at radius 2 is 2.00 bits per heavy atom. The van der Waals surface area contributed by atoms with Gasteiger partial charge in [0.15, 0.2) is 17.6 Å². The van der Waals surface area contributed by atoms with Gasteiger partial charge in [0.2, 0.25) is 0 Å². The van der Waals surface area contributed by atoms with Crippen LogP contribution in [0.1, 0.15) is 39.3 Å². The minimum absolute atomic E-state index is 0.0492. The zero-order chi connectivity index (χ0) is 16.8. The molecule has 1 aromatic rings. The molecule has 0 heterocycles. The van der Waals surface area contributed by atoms with E-state index < -0.39 is 11.6 Å². The van der Waals surface area contributed by atoms with Gasteiger partial charge in [-0.15, -0.1) is 0 Å². The summed E-state index contributed by atoms with van der Waals surface area (Å²) >= 11 is 1.75. The van der Waals surface area contributed by atoms with Gasteiger partial charge in [-0.05, 0) is 51.6 Å². The van der Waals surface area contributed by atoms with Gasteiger partial charge in [-0.2, -0.15) is 11.8 Å². The van der Waals surface area contributed by atoms with E-state index in [4.69, 9.17) is 0 Å². The molecule has 1 unspecified atom stereocenters. The van der Waals surface area contributed by atoms with E-state index in [9.17, 15) is 8.78 Å². The maximum atomic E-state index is 13.3. The lowest BCUT2D eigenvalue weighted by molar-refractivity contribution is 0.504. The summed E-state index contributed by atoms with van der Waals surface area (Å²) in [6, 6.07) is 3.75. The minimum Gasteiger partial charge on any atom is -0.357 e. The van der Waals surface area contributed by atoms with Crippen molar-refractivity contribution in [3.8, 4) is 0 Å².